The maximum absolute atomic E-state index is 12.8. The van der Waals surface area contributed by atoms with E-state index in [1.807, 2.05) is 48.5 Å². The van der Waals surface area contributed by atoms with Gasteiger partial charge in [-0.1, -0.05) is 36.4 Å². The Morgan fingerprint density at radius 3 is 1.45 bits per heavy atom. The molecule has 71 heavy (non-hydrogen) atoms. The van der Waals surface area contributed by atoms with Crippen LogP contribution in [0.15, 0.2) is 121 Å². The number of aliphatic carboxylic acids is 1. The van der Waals surface area contributed by atoms with Crippen LogP contribution in [0.2, 0.25) is 0 Å². The van der Waals surface area contributed by atoms with Gasteiger partial charge in [-0.25, -0.2) is 0 Å². The number of hydrogen-bond donors (Lipinski definition) is 3. The molecule has 358 valence electrons. The van der Waals surface area contributed by atoms with Crippen LogP contribution in [0.5, 0.6) is 46.0 Å². The van der Waals surface area contributed by atoms with E-state index >= 15 is 0 Å². The summed E-state index contributed by atoms with van der Waals surface area (Å²) in [4.78, 5) is 49.2. The first-order valence-electron chi connectivity index (χ1n) is 22.9. The molecular weight excluding hydrogens is 909 g/mol. The van der Waals surface area contributed by atoms with Crippen LogP contribution in [0.3, 0.4) is 0 Å². The average molecular weight is 955 g/mol. The third-order valence-electron chi connectivity index (χ3n) is 12.4. The van der Waals surface area contributed by atoms with E-state index in [0.29, 0.717) is 96.5 Å². The first kappa shape index (κ1) is 47.1. The lowest BCUT2D eigenvalue weighted by Crippen LogP contribution is -2.42. The molecule has 0 aliphatic carbocycles. The Morgan fingerprint density at radius 1 is 0.577 bits per heavy atom. The van der Waals surface area contributed by atoms with Gasteiger partial charge in [-0.3, -0.25) is 19.2 Å². The smallest absolute Gasteiger partial charge is 0.313 e. The first-order valence-corrected chi connectivity index (χ1v) is 22.9. The predicted octanol–water partition coefficient (Wildman–Crippen LogP) is 8.16. The summed E-state index contributed by atoms with van der Waals surface area (Å²) in [6.45, 7) is 1.46. The van der Waals surface area contributed by atoms with Crippen molar-refractivity contribution in [2.24, 2.45) is 0 Å². The van der Waals surface area contributed by atoms with Crippen LogP contribution >= 0.6 is 0 Å². The Kier molecular flexibility index (Phi) is 14.0. The average Bonchev–Trinajstić information content (AvgIpc) is 3.40. The first-order chi connectivity index (χ1) is 34.6. The number of nitriles is 2. The quantitative estimate of drug-likeness (QED) is 0.110. The van der Waals surface area contributed by atoms with Crippen LogP contribution in [0.25, 0.3) is 0 Å². The highest BCUT2D eigenvalue weighted by molar-refractivity contribution is 5.95. The summed E-state index contributed by atoms with van der Waals surface area (Å²) in [5.41, 5.74) is 4.63. The highest BCUT2D eigenvalue weighted by Crippen LogP contribution is 2.42. The molecule has 0 saturated carbocycles. The Morgan fingerprint density at radius 2 is 1.01 bits per heavy atom. The lowest BCUT2D eigenvalue weighted by molar-refractivity contribution is -0.143. The van der Waals surface area contributed by atoms with Gasteiger partial charge in [0, 0.05) is 34.4 Å². The van der Waals surface area contributed by atoms with Crippen LogP contribution in [0.4, 0.5) is 0 Å². The largest absolute Gasteiger partial charge is 0.493 e. The monoisotopic (exact) mass is 954 g/mol. The molecule has 10 rings (SSSR count). The third-order valence-corrected chi connectivity index (χ3v) is 12.4. The van der Waals surface area contributed by atoms with Crippen LogP contribution in [0.1, 0.15) is 78.8 Å². The van der Waals surface area contributed by atoms with E-state index in [1.165, 1.54) is 13.2 Å². The minimum Gasteiger partial charge on any atom is -0.493 e. The fraction of sp³-hybridized carbons (Fsp3) is 0.236. The Bertz CT molecular complexity index is 3090. The van der Waals surface area contributed by atoms with E-state index in [4.69, 9.17) is 33.2 Å². The van der Waals surface area contributed by atoms with Gasteiger partial charge in [0.1, 0.15) is 71.3 Å². The van der Waals surface area contributed by atoms with Crippen molar-refractivity contribution in [2.75, 3.05) is 33.5 Å². The number of ether oxygens (including phenoxy) is 7. The van der Waals surface area contributed by atoms with Gasteiger partial charge in [0.15, 0.2) is 0 Å². The molecular formula is C55H46N4O12. The second kappa shape index (κ2) is 21.1. The van der Waals surface area contributed by atoms with Crippen molar-refractivity contribution in [3.05, 3.63) is 166 Å². The van der Waals surface area contributed by atoms with Crippen molar-refractivity contribution < 1.29 is 57.4 Å². The standard InChI is InChI=1S/C28H24N2O6.C27H22N2O6/c1-33-28(32)22-10-11-34-26-14-25(19(15-29)13-23(22)26)36-21-8-6-17(7-9-21)27(31)30-20-12-18-4-2-3-5-24(18)35-16-20;28-14-18-12-22-21(27(31)32)9-10-33-25(22)13-24(18)35-20-7-5-16(6-8-20)26(30)29-19-11-17-3-1-2-4-23(17)34-15-19/h2-9,13-14,20,22H,10-12,16H2,1H3,(H,30,31);1-8,12-13,19,21H,9-11,15H2,(H,29,30)(H,31,32). The third kappa shape index (κ3) is 10.7. The highest BCUT2D eigenvalue weighted by atomic mass is 16.5. The van der Waals surface area contributed by atoms with Gasteiger partial charge in [-0.05, 0) is 110 Å². The fourth-order valence-electron chi connectivity index (χ4n) is 8.80. The molecule has 0 bridgehead atoms. The summed E-state index contributed by atoms with van der Waals surface area (Å²) >= 11 is 0. The number of carbonyl (C=O) groups is 4. The number of benzene rings is 6. The number of amides is 2. The number of para-hydroxylation sites is 2. The number of hydrogen-bond acceptors (Lipinski definition) is 13. The summed E-state index contributed by atoms with van der Waals surface area (Å²) < 4.78 is 39.5. The maximum Gasteiger partial charge on any atom is 0.313 e. The van der Waals surface area contributed by atoms with E-state index in [-0.39, 0.29) is 53.4 Å². The molecule has 0 aromatic heterocycles. The van der Waals surface area contributed by atoms with E-state index in [1.54, 1.807) is 66.7 Å². The van der Waals surface area contributed by atoms with Crippen molar-refractivity contribution in [1.82, 2.24) is 10.6 Å². The SMILES string of the molecule is COC(=O)C1CCOc2cc(Oc3ccc(C(=O)NC4COc5ccccc5C4)cc3)c(C#N)cc21.N#Cc1cc2c(cc1Oc1ccc(C(=O)NC3COc4ccccc4C3)cc1)OCCC2C(=O)O. The van der Waals surface area contributed by atoms with Gasteiger partial charge < -0.3 is 48.9 Å². The normalized spacial score (nSPS) is 17.9. The van der Waals surface area contributed by atoms with Crippen molar-refractivity contribution in [2.45, 2.75) is 49.6 Å². The summed E-state index contributed by atoms with van der Waals surface area (Å²) in [6, 6.07) is 39.0. The van der Waals surface area contributed by atoms with E-state index in [9.17, 15) is 34.8 Å². The van der Waals surface area contributed by atoms with Crippen molar-refractivity contribution in [3.63, 3.8) is 0 Å². The molecule has 4 unspecified atom stereocenters. The van der Waals surface area contributed by atoms with Crippen molar-refractivity contribution >= 4 is 23.8 Å². The molecule has 0 fully saturated rings. The number of nitrogens with zero attached hydrogens (tertiary/aromatic N) is 2. The van der Waals surface area contributed by atoms with Crippen LogP contribution in [-0.2, 0) is 27.2 Å². The number of carboxylic acids is 1. The molecule has 16 heteroatoms. The summed E-state index contributed by atoms with van der Waals surface area (Å²) in [5.74, 6) is 1.08. The minimum absolute atomic E-state index is 0.120. The number of esters is 1. The van der Waals surface area contributed by atoms with E-state index in [2.05, 4.69) is 22.8 Å². The molecule has 4 aliphatic heterocycles. The molecule has 2 amide bonds. The molecule has 4 aliphatic rings. The Hall–Kier alpha value is -9.02. The Balaban J connectivity index is 0.000000176. The van der Waals surface area contributed by atoms with Gasteiger partial charge in [-0.15, -0.1) is 0 Å². The summed E-state index contributed by atoms with van der Waals surface area (Å²) in [5, 5.41) is 34.7. The molecule has 0 radical (unpaired) electrons. The number of methoxy groups -OCH3 is 1. The Labute approximate surface area is 408 Å². The van der Waals surface area contributed by atoms with Gasteiger partial charge in [0.05, 0.1) is 55.4 Å². The van der Waals surface area contributed by atoms with E-state index in [0.717, 1.165) is 22.6 Å². The predicted molar refractivity (Wildman–Crippen MR) is 254 cm³/mol. The maximum atomic E-state index is 12.8. The highest BCUT2D eigenvalue weighted by Gasteiger charge is 2.32. The van der Waals surface area contributed by atoms with E-state index < -0.39 is 17.8 Å². The summed E-state index contributed by atoms with van der Waals surface area (Å²) in [6.07, 6.45) is 2.23. The van der Waals surface area contributed by atoms with Gasteiger partial charge in [-0.2, -0.15) is 10.5 Å². The molecule has 0 saturated heterocycles. The van der Waals surface area contributed by atoms with Gasteiger partial charge in [0.2, 0.25) is 0 Å². The molecule has 6 aromatic rings. The number of fused-ring (bicyclic) bond motifs is 4. The van der Waals surface area contributed by atoms with Crippen molar-refractivity contribution in [1.29, 1.82) is 10.5 Å². The zero-order valence-corrected chi connectivity index (χ0v) is 38.3. The lowest BCUT2D eigenvalue weighted by atomic mass is 9.91. The number of carbonyl (C=O) groups excluding carboxylic acids is 3. The van der Waals surface area contributed by atoms with Crippen LogP contribution < -0.4 is 39.1 Å². The summed E-state index contributed by atoms with van der Waals surface area (Å²) in [7, 11) is 1.34. The van der Waals surface area contributed by atoms with Crippen LogP contribution in [-0.4, -0.2) is 74.5 Å². The molecule has 6 aromatic carbocycles. The number of rotatable bonds is 10. The number of nitrogens with one attached hydrogen (secondary N) is 2. The second-order valence-corrected chi connectivity index (χ2v) is 17.1. The lowest BCUT2D eigenvalue weighted by Gasteiger charge is -2.26. The van der Waals surface area contributed by atoms with Gasteiger partial charge in [0.25, 0.3) is 11.8 Å². The van der Waals surface area contributed by atoms with Crippen molar-refractivity contribution in [3.8, 4) is 58.1 Å². The van der Waals surface area contributed by atoms with Crippen LogP contribution in [0, 0.1) is 22.7 Å². The molecule has 0 spiro atoms. The molecule has 4 atom stereocenters. The topological polar surface area (TPSA) is 225 Å². The zero-order chi connectivity index (χ0) is 49.4. The molecule has 16 nitrogen and oxygen atoms in total. The second-order valence-electron chi connectivity index (χ2n) is 17.1. The molecule has 3 N–H and O–H groups in total. The zero-order valence-electron chi connectivity index (χ0n) is 38.3. The molecule has 4 heterocycles. The minimum atomic E-state index is -0.954. The number of carboxylic acid groups (broad SMARTS) is 1. The fourth-order valence-corrected chi connectivity index (χ4v) is 8.80. The van der Waals surface area contributed by atoms with Gasteiger partial charge >= 0.3 is 11.9 Å².